The van der Waals surface area contributed by atoms with Gasteiger partial charge in [-0.15, -0.1) is 0 Å². The van der Waals surface area contributed by atoms with E-state index in [0.717, 1.165) is 25.1 Å². The van der Waals surface area contributed by atoms with Crippen LogP contribution in [0.15, 0.2) is 18.2 Å². The summed E-state index contributed by atoms with van der Waals surface area (Å²) in [5.41, 5.74) is 12.9. The Morgan fingerprint density at radius 3 is 2.57 bits per heavy atom. The molecule has 0 radical (unpaired) electrons. The van der Waals surface area contributed by atoms with Crippen molar-refractivity contribution in [2.75, 3.05) is 58.1 Å². The van der Waals surface area contributed by atoms with Gasteiger partial charge in [0, 0.05) is 50.5 Å². The van der Waals surface area contributed by atoms with Gasteiger partial charge in [-0.2, -0.15) is 9.97 Å². The van der Waals surface area contributed by atoms with Crippen LogP contribution in [-0.4, -0.2) is 90.5 Å². The number of ether oxygens (including phenoxy) is 2. The molecule has 6 N–H and O–H groups in total. The Hall–Kier alpha value is -3.06. The zero-order chi connectivity index (χ0) is 27.1. The third-order valence-electron chi connectivity index (χ3n) is 6.20. The largest absolute Gasteiger partial charge is 0.458 e. The number of nitrogens with two attached hydrogens (primary N) is 2. The first kappa shape index (κ1) is 28.5. The minimum Gasteiger partial charge on any atom is -0.458 e. The SMILES string of the molecule is COC[C@@H](C)Oc1nc(C(O)N[C@H](C)CN(C)C)cc(N2CCC(c3ccc(N)c(C(N)=O)n3)CC2)n1. The monoisotopic (exact) mass is 516 g/mol. The molecule has 1 amide bonds. The Morgan fingerprint density at radius 1 is 1.24 bits per heavy atom. The maximum atomic E-state index is 11.7. The van der Waals surface area contributed by atoms with Gasteiger partial charge in [0.15, 0.2) is 5.69 Å². The lowest BCUT2D eigenvalue weighted by atomic mass is 9.92. The first-order chi connectivity index (χ1) is 17.6. The number of anilines is 2. The highest BCUT2D eigenvalue weighted by Gasteiger charge is 2.26. The third-order valence-corrected chi connectivity index (χ3v) is 6.20. The second-order valence-electron chi connectivity index (χ2n) is 9.85. The zero-order valence-electron chi connectivity index (χ0n) is 22.3. The summed E-state index contributed by atoms with van der Waals surface area (Å²) in [5.74, 6) is 0.202. The summed E-state index contributed by atoms with van der Waals surface area (Å²) in [6.45, 7) is 6.42. The lowest BCUT2D eigenvalue weighted by Crippen LogP contribution is -2.38. The first-order valence-corrected chi connectivity index (χ1v) is 12.5. The Balaban J connectivity index is 1.78. The van der Waals surface area contributed by atoms with E-state index >= 15 is 0 Å². The molecular formula is C25H40N8O4. The van der Waals surface area contributed by atoms with E-state index in [1.54, 1.807) is 19.2 Å². The standard InChI is InChI=1S/C25H40N8O4/c1-15(13-32(3)4)28-24(35)20-12-21(31-25(30-20)37-16(2)14-36-5)33-10-8-17(9-11-33)19-7-6-18(26)22(29-19)23(27)34/h6-7,12,15-17,24,28,35H,8-11,13-14,26H2,1-5H3,(H2,27,34)/t15-,16-,24?/m1/s1. The number of pyridine rings is 1. The number of hydrogen-bond acceptors (Lipinski definition) is 11. The summed E-state index contributed by atoms with van der Waals surface area (Å²) in [7, 11) is 5.57. The highest BCUT2D eigenvalue weighted by atomic mass is 16.5. The molecule has 0 aliphatic carbocycles. The van der Waals surface area contributed by atoms with E-state index in [1.807, 2.05) is 38.9 Å². The molecule has 1 fully saturated rings. The van der Waals surface area contributed by atoms with E-state index in [1.165, 1.54) is 0 Å². The van der Waals surface area contributed by atoms with E-state index in [9.17, 15) is 9.90 Å². The minimum absolute atomic E-state index is 0.0358. The molecule has 1 aliphatic heterocycles. The fraction of sp³-hybridized carbons (Fsp3) is 0.600. The van der Waals surface area contributed by atoms with Crippen molar-refractivity contribution in [1.82, 2.24) is 25.2 Å². The average molecular weight is 517 g/mol. The molecule has 0 bridgehead atoms. The van der Waals surface area contributed by atoms with Crippen LogP contribution >= 0.6 is 0 Å². The van der Waals surface area contributed by atoms with Crippen molar-refractivity contribution in [1.29, 1.82) is 0 Å². The number of nitrogens with zero attached hydrogens (tertiary/aromatic N) is 5. The van der Waals surface area contributed by atoms with Crippen molar-refractivity contribution in [3.63, 3.8) is 0 Å². The molecule has 1 aliphatic rings. The van der Waals surface area contributed by atoms with Gasteiger partial charge in [-0.1, -0.05) is 0 Å². The quantitative estimate of drug-likeness (QED) is 0.296. The molecule has 12 nitrogen and oxygen atoms in total. The van der Waals surface area contributed by atoms with Crippen molar-refractivity contribution in [3.8, 4) is 6.01 Å². The fourth-order valence-corrected chi connectivity index (χ4v) is 4.50. The lowest BCUT2D eigenvalue weighted by Gasteiger charge is -2.33. The maximum absolute atomic E-state index is 11.7. The van der Waals surface area contributed by atoms with Crippen LogP contribution in [0.3, 0.4) is 0 Å². The fourth-order valence-electron chi connectivity index (χ4n) is 4.50. The van der Waals surface area contributed by atoms with Gasteiger partial charge < -0.3 is 35.8 Å². The number of carbonyl (C=O) groups excluding carboxylic acids is 1. The topological polar surface area (TPSA) is 165 Å². The van der Waals surface area contributed by atoms with Gasteiger partial charge in [-0.3, -0.25) is 10.1 Å². The Labute approximate surface area is 218 Å². The first-order valence-electron chi connectivity index (χ1n) is 12.5. The summed E-state index contributed by atoms with van der Waals surface area (Å²) >= 11 is 0. The normalized spacial score (nSPS) is 17.0. The van der Waals surface area contributed by atoms with Gasteiger partial charge in [0.05, 0.1) is 18.0 Å². The molecule has 1 saturated heterocycles. The van der Waals surface area contributed by atoms with Crippen molar-refractivity contribution in [2.45, 2.75) is 51.0 Å². The van der Waals surface area contributed by atoms with Crippen LogP contribution in [0.2, 0.25) is 0 Å². The summed E-state index contributed by atoms with van der Waals surface area (Å²) in [4.78, 5) is 29.4. The molecule has 37 heavy (non-hydrogen) atoms. The van der Waals surface area contributed by atoms with E-state index in [0.29, 0.717) is 31.2 Å². The van der Waals surface area contributed by atoms with Crippen LogP contribution < -0.4 is 26.4 Å². The van der Waals surface area contributed by atoms with Gasteiger partial charge in [0.1, 0.15) is 18.1 Å². The van der Waals surface area contributed by atoms with Gasteiger partial charge >= 0.3 is 6.01 Å². The van der Waals surface area contributed by atoms with Gasteiger partial charge in [0.2, 0.25) is 0 Å². The summed E-state index contributed by atoms with van der Waals surface area (Å²) in [5, 5.41) is 14.1. The van der Waals surface area contributed by atoms with E-state index in [4.69, 9.17) is 20.9 Å². The zero-order valence-corrected chi connectivity index (χ0v) is 22.3. The van der Waals surface area contributed by atoms with Crippen molar-refractivity contribution >= 4 is 17.4 Å². The van der Waals surface area contributed by atoms with Crippen molar-refractivity contribution < 1.29 is 19.4 Å². The predicted molar refractivity (Wildman–Crippen MR) is 141 cm³/mol. The molecule has 3 atom stereocenters. The highest BCUT2D eigenvalue weighted by Crippen LogP contribution is 2.31. The number of nitrogens with one attached hydrogen (secondary N) is 1. The maximum Gasteiger partial charge on any atom is 0.319 e. The Kier molecular flexibility index (Phi) is 9.98. The number of aliphatic hydroxyl groups excluding tert-OH is 1. The molecule has 2 aromatic rings. The predicted octanol–water partition coefficient (Wildman–Crippen LogP) is 0.881. The van der Waals surface area contributed by atoms with Crippen LogP contribution in [0.1, 0.15) is 60.7 Å². The summed E-state index contributed by atoms with van der Waals surface area (Å²) in [6, 6.07) is 5.55. The number of nitrogen functional groups attached to an aromatic ring is 1. The highest BCUT2D eigenvalue weighted by molar-refractivity contribution is 5.95. The number of amides is 1. The third kappa shape index (κ3) is 7.96. The molecule has 204 valence electrons. The van der Waals surface area contributed by atoms with Crippen LogP contribution in [0.5, 0.6) is 6.01 Å². The number of aliphatic hydroxyl groups is 1. The van der Waals surface area contributed by atoms with Crippen LogP contribution in [-0.2, 0) is 4.74 Å². The van der Waals surface area contributed by atoms with Crippen LogP contribution in [0.25, 0.3) is 0 Å². The molecule has 12 heteroatoms. The van der Waals surface area contributed by atoms with Crippen molar-refractivity contribution in [3.05, 3.63) is 35.3 Å². The number of rotatable bonds is 12. The molecule has 0 spiro atoms. The average Bonchev–Trinajstić information content (AvgIpc) is 2.83. The molecule has 2 aromatic heterocycles. The number of methoxy groups -OCH3 is 1. The minimum atomic E-state index is -0.986. The van der Waals surface area contributed by atoms with Gasteiger partial charge in [-0.05, 0) is 52.9 Å². The van der Waals surface area contributed by atoms with E-state index in [2.05, 4.69) is 25.2 Å². The number of primary amides is 1. The van der Waals surface area contributed by atoms with Crippen molar-refractivity contribution in [2.24, 2.45) is 5.73 Å². The van der Waals surface area contributed by atoms with Crippen LogP contribution in [0, 0.1) is 0 Å². The number of hydrogen-bond donors (Lipinski definition) is 4. The second-order valence-corrected chi connectivity index (χ2v) is 9.85. The van der Waals surface area contributed by atoms with Gasteiger partial charge in [-0.25, -0.2) is 4.98 Å². The Bertz CT molecular complexity index is 1050. The summed E-state index contributed by atoms with van der Waals surface area (Å²) in [6.07, 6.45) is 0.352. The smallest absolute Gasteiger partial charge is 0.319 e. The van der Waals surface area contributed by atoms with E-state index < -0.39 is 12.1 Å². The number of piperidine rings is 1. The molecule has 1 unspecified atom stereocenters. The number of aromatic nitrogens is 3. The number of likely N-dealkylation sites (N-methyl/N-ethyl adjacent to an activating group) is 1. The van der Waals surface area contributed by atoms with Gasteiger partial charge in [0.25, 0.3) is 5.91 Å². The van der Waals surface area contributed by atoms with Crippen LogP contribution in [0.4, 0.5) is 11.5 Å². The molecule has 0 aromatic carbocycles. The number of carbonyl (C=O) groups is 1. The second kappa shape index (κ2) is 13.0. The summed E-state index contributed by atoms with van der Waals surface area (Å²) < 4.78 is 11.1. The molecular weight excluding hydrogens is 476 g/mol. The molecule has 0 saturated carbocycles. The molecule has 3 heterocycles. The molecule has 3 rings (SSSR count). The van der Waals surface area contributed by atoms with E-state index in [-0.39, 0.29) is 35.5 Å². The lowest BCUT2D eigenvalue weighted by molar-refractivity contribution is 0.0826. The Morgan fingerprint density at radius 2 is 1.95 bits per heavy atom.